The second-order valence-corrected chi connectivity index (χ2v) is 17.4. The average molecular weight is 1130 g/mol. The predicted molar refractivity (Wildman–Crippen MR) is 274 cm³/mol. The summed E-state index contributed by atoms with van der Waals surface area (Å²) in [6, 6.07) is 23.2. The maximum atomic E-state index is 14.2. The second-order valence-electron chi connectivity index (χ2n) is 16.5. The number of nitrogens with zero attached hydrogens (tertiary/aromatic N) is 4. The van der Waals surface area contributed by atoms with Crippen LogP contribution in [0.15, 0.2) is 106 Å². The Balaban J connectivity index is 0.000000293. The fourth-order valence-electron chi connectivity index (χ4n) is 6.34. The van der Waals surface area contributed by atoms with E-state index in [1.807, 2.05) is 0 Å². The molecule has 0 bridgehead atoms. The zero-order valence-electron chi connectivity index (χ0n) is 41.8. The molecule has 2 amide bonds. The number of hydrazine groups is 2. The van der Waals surface area contributed by atoms with Crippen LogP contribution < -0.4 is 26.1 Å². The van der Waals surface area contributed by atoms with Gasteiger partial charge in [-0.15, -0.1) is 0 Å². The minimum absolute atomic E-state index is 0.0190. The summed E-state index contributed by atoms with van der Waals surface area (Å²) in [5.74, 6) is -7.68. The number of carboxylic acid groups (broad SMARTS) is 3. The largest absolute Gasteiger partial charge is 0.481 e. The van der Waals surface area contributed by atoms with Crippen molar-refractivity contribution in [1.29, 1.82) is 0 Å². The van der Waals surface area contributed by atoms with Crippen molar-refractivity contribution in [2.45, 2.75) is 51.5 Å². The fraction of sp³-hybridized carbons (Fsp3) is 0.260. The highest BCUT2D eigenvalue weighted by Crippen LogP contribution is 2.28. The Bertz CT molecular complexity index is 3010. The van der Waals surface area contributed by atoms with Gasteiger partial charge in [0.1, 0.15) is 17.7 Å². The standard InChI is InChI=1S/C24H24ClFN4O7.C21H19ClFN3O6.C5H8BO3/c1-13(27)24(34)36-20(23(32)33)12-30(28-22(31)19-10-21(35-2)29-37-19)11-14-3-5-15(6-4-14)17-9-16(25)7-8-18(17)26;1-31-19-9-18(32-25-19)20(28)24-26(11-17(27)21(29)30)10-12-2-4-13(5-3-12)15-8-14(22)6-7-16(15)23;1-4(5(8)9)2-6-3-7/h3-10,13,20H,11-12,27H2,1-2H3,(H,28,31)(H,32,33);2-9,17,27H,10-11H2,1H3,(H,24,28)(H,29,30);3-4H,2H2,1H3,(H,8,9)/t13-,20+;17-;4-/m011/s1. The number of aromatic nitrogens is 2. The highest BCUT2D eigenvalue weighted by Gasteiger charge is 2.29. The summed E-state index contributed by atoms with van der Waals surface area (Å²) < 4.78 is 52.9. The minimum atomic E-state index is -1.75. The zero-order valence-corrected chi connectivity index (χ0v) is 43.3. The SMILES string of the molecule is COc1cc(C(=O)NN(Cc2ccc(-c3cc(Cl)ccc3F)cc2)C[C@@H](O)C(=O)O)on1.COc1cc(C(=O)NN(Cc2ccc(-c3cc(Cl)ccc3F)cc2)C[C@@H](OC(=O)[C@H](C)N)C(=O)O)on1.C[C@H](C[B]C=O)C(=O)O. The first-order chi connectivity index (χ1) is 37.0. The van der Waals surface area contributed by atoms with Crippen LogP contribution in [0.1, 0.15) is 46.1 Å². The molecule has 6 rings (SSSR count). The lowest BCUT2D eigenvalue weighted by Gasteiger charge is -2.26. The van der Waals surface area contributed by atoms with E-state index in [0.717, 1.165) is 0 Å². The number of ether oxygens (including phenoxy) is 3. The van der Waals surface area contributed by atoms with E-state index in [4.69, 9.17) is 62.4 Å². The summed E-state index contributed by atoms with van der Waals surface area (Å²) in [6.45, 7) is 2.09. The zero-order chi connectivity index (χ0) is 57.6. The van der Waals surface area contributed by atoms with Crippen LogP contribution in [-0.2, 0) is 41.8 Å². The van der Waals surface area contributed by atoms with Crippen LogP contribution in [0.3, 0.4) is 0 Å². The molecule has 28 heteroatoms. The number of aliphatic hydroxyl groups excluding tert-OH is 1. The maximum Gasteiger partial charge on any atom is 0.346 e. The van der Waals surface area contributed by atoms with Gasteiger partial charge in [0.05, 0.1) is 45.6 Å². The Kier molecular flexibility index (Phi) is 24.3. The van der Waals surface area contributed by atoms with Crippen LogP contribution in [0.25, 0.3) is 22.3 Å². The lowest BCUT2D eigenvalue weighted by molar-refractivity contribution is -0.166. The van der Waals surface area contributed by atoms with E-state index < -0.39 is 84.6 Å². The summed E-state index contributed by atoms with van der Waals surface area (Å²) in [7, 11) is 4.00. The molecule has 1 radical (unpaired) electrons. The van der Waals surface area contributed by atoms with Crippen molar-refractivity contribution in [3.05, 3.63) is 141 Å². The molecule has 78 heavy (non-hydrogen) atoms. The van der Waals surface area contributed by atoms with E-state index in [0.29, 0.717) is 55.9 Å². The molecule has 6 aromatic rings. The van der Waals surface area contributed by atoms with Crippen molar-refractivity contribution in [3.8, 4) is 34.0 Å². The van der Waals surface area contributed by atoms with Crippen LogP contribution in [0.5, 0.6) is 11.8 Å². The molecule has 0 spiro atoms. The fourth-order valence-corrected chi connectivity index (χ4v) is 6.68. The number of nitrogens with two attached hydrogens (primary N) is 1. The highest BCUT2D eigenvalue weighted by molar-refractivity contribution is 6.66. The Morgan fingerprint density at radius 2 is 1.13 bits per heavy atom. The van der Waals surface area contributed by atoms with Crippen molar-refractivity contribution < 1.29 is 86.0 Å². The molecule has 2 heterocycles. The first-order valence-electron chi connectivity index (χ1n) is 22.8. The molecule has 0 aliphatic rings. The Morgan fingerprint density at radius 3 is 1.49 bits per heavy atom. The molecule has 4 aromatic carbocycles. The number of hydrogen-bond acceptors (Lipinski definition) is 18. The van der Waals surface area contributed by atoms with Gasteiger partial charge in [0, 0.05) is 40.2 Å². The van der Waals surface area contributed by atoms with Crippen LogP contribution in [0.4, 0.5) is 8.78 Å². The number of carboxylic acids is 3. The Hall–Kier alpha value is -8.27. The summed E-state index contributed by atoms with van der Waals surface area (Å²) in [6.07, 6.45) is -2.47. The monoisotopic (exact) mass is 1120 g/mol. The quantitative estimate of drug-likeness (QED) is 0.0173. The summed E-state index contributed by atoms with van der Waals surface area (Å²) >= 11 is 11.9. The second kappa shape index (κ2) is 30.5. The van der Waals surface area contributed by atoms with Gasteiger partial charge in [0.25, 0.3) is 11.8 Å². The molecule has 8 N–H and O–H groups in total. The summed E-state index contributed by atoms with van der Waals surface area (Å²) in [4.78, 5) is 79.6. The number of benzene rings is 4. The third kappa shape index (κ3) is 19.7. The van der Waals surface area contributed by atoms with Gasteiger partial charge in [-0.05, 0) is 75.9 Å². The van der Waals surface area contributed by atoms with Gasteiger partial charge in [0.15, 0.2) is 13.4 Å². The molecular formula is C50H51BCl2F2N7O16. The van der Waals surface area contributed by atoms with Crippen LogP contribution in [0, 0.1) is 17.6 Å². The van der Waals surface area contributed by atoms with Gasteiger partial charge in [-0.2, -0.15) is 0 Å². The van der Waals surface area contributed by atoms with Crippen LogP contribution >= 0.6 is 23.2 Å². The first kappa shape index (κ1) is 62.3. The van der Waals surface area contributed by atoms with Gasteiger partial charge in [-0.3, -0.25) is 30.0 Å². The average Bonchev–Trinajstić information content (AvgIpc) is 4.12. The number of nitrogens with one attached hydrogen (secondary N) is 2. The number of rotatable bonds is 24. The van der Waals surface area contributed by atoms with E-state index in [1.54, 1.807) is 55.5 Å². The van der Waals surface area contributed by atoms with Crippen molar-refractivity contribution in [1.82, 2.24) is 31.2 Å². The normalized spacial score (nSPS) is 12.3. The van der Waals surface area contributed by atoms with Crippen molar-refractivity contribution in [3.63, 3.8) is 0 Å². The molecule has 0 aliphatic heterocycles. The number of carbonyl (C=O) groups excluding carboxylic acids is 4. The number of amides is 2. The molecule has 413 valence electrons. The Labute approximate surface area is 453 Å². The molecule has 0 saturated carbocycles. The molecule has 0 saturated heterocycles. The number of carbonyl (C=O) groups is 7. The smallest absolute Gasteiger partial charge is 0.346 e. The van der Waals surface area contributed by atoms with Gasteiger partial charge in [-0.1, -0.05) is 85.0 Å². The number of aliphatic carboxylic acids is 3. The number of halogens is 4. The van der Waals surface area contributed by atoms with E-state index in [1.165, 1.54) is 87.0 Å². The predicted octanol–water partition coefficient (Wildman–Crippen LogP) is 5.39. The molecule has 23 nitrogen and oxygen atoms in total. The van der Waals surface area contributed by atoms with Gasteiger partial charge in [-0.25, -0.2) is 28.4 Å². The van der Waals surface area contributed by atoms with E-state index in [-0.39, 0.29) is 36.4 Å². The topological polar surface area (TPSA) is 337 Å². The molecule has 0 aliphatic carbocycles. The van der Waals surface area contributed by atoms with E-state index in [9.17, 15) is 52.6 Å². The molecule has 4 atom stereocenters. The maximum absolute atomic E-state index is 14.2. The number of hydrogen-bond donors (Lipinski definition) is 7. The molecule has 2 aromatic heterocycles. The molecular weight excluding hydrogens is 1070 g/mol. The number of esters is 1. The number of methoxy groups -OCH3 is 2. The number of aliphatic hydroxyl groups is 1. The minimum Gasteiger partial charge on any atom is -0.481 e. The van der Waals surface area contributed by atoms with Gasteiger partial charge >= 0.3 is 35.7 Å². The van der Waals surface area contributed by atoms with Crippen molar-refractivity contribution in [2.24, 2.45) is 11.7 Å². The van der Waals surface area contributed by atoms with Gasteiger partial charge < -0.3 is 54.2 Å². The highest BCUT2D eigenvalue weighted by atomic mass is 35.5. The van der Waals surface area contributed by atoms with Crippen LogP contribution in [-0.4, -0.2) is 135 Å². The van der Waals surface area contributed by atoms with Crippen LogP contribution in [0.2, 0.25) is 16.4 Å². The molecule has 0 fully saturated rings. The van der Waals surface area contributed by atoms with Gasteiger partial charge in [0.2, 0.25) is 17.6 Å². The Morgan fingerprint density at radius 1 is 0.692 bits per heavy atom. The first-order valence-corrected chi connectivity index (χ1v) is 23.6. The van der Waals surface area contributed by atoms with E-state index in [2.05, 4.69) is 21.2 Å². The summed E-state index contributed by atoms with van der Waals surface area (Å²) in [5.41, 5.74) is 13.5. The van der Waals surface area contributed by atoms with Crippen molar-refractivity contribution >= 4 is 72.4 Å². The lowest BCUT2D eigenvalue weighted by Crippen LogP contribution is -2.49. The third-order valence-corrected chi connectivity index (χ3v) is 10.9. The summed E-state index contributed by atoms with van der Waals surface area (Å²) in [5, 5.41) is 46.9. The molecule has 0 unspecified atom stereocenters. The van der Waals surface area contributed by atoms with E-state index >= 15 is 0 Å². The lowest BCUT2D eigenvalue weighted by atomic mass is 9.72. The van der Waals surface area contributed by atoms with Crippen molar-refractivity contribution in [2.75, 3.05) is 27.3 Å². The third-order valence-electron chi connectivity index (χ3n) is 10.5.